The van der Waals surface area contributed by atoms with Gasteiger partial charge in [0.05, 0.1) is 0 Å². The molecule has 0 atom stereocenters. The predicted molar refractivity (Wildman–Crippen MR) is 96.8 cm³/mol. The molecule has 2 aromatic carbocycles. The number of benzene rings is 2. The quantitative estimate of drug-likeness (QED) is 0.606. The lowest BCUT2D eigenvalue weighted by Gasteiger charge is -2.06. The van der Waals surface area contributed by atoms with Crippen LogP contribution in [0, 0.1) is 18.8 Å². The fraction of sp³-hybridized carbons (Fsp3) is 0.273. The van der Waals surface area contributed by atoms with Gasteiger partial charge in [-0.25, -0.2) is 0 Å². The van der Waals surface area contributed by atoms with Crippen molar-refractivity contribution in [3.05, 3.63) is 76.9 Å². The summed E-state index contributed by atoms with van der Waals surface area (Å²) in [6.07, 6.45) is 5.74. The van der Waals surface area contributed by atoms with Gasteiger partial charge in [-0.2, -0.15) is 0 Å². The van der Waals surface area contributed by atoms with Gasteiger partial charge in [-0.3, -0.25) is 0 Å². The number of hydrogen-bond donors (Lipinski definition) is 0. The van der Waals surface area contributed by atoms with Crippen molar-refractivity contribution in [1.29, 1.82) is 0 Å². The second-order valence-corrected chi connectivity index (χ2v) is 5.58. The van der Waals surface area contributed by atoms with Crippen molar-refractivity contribution in [2.75, 3.05) is 0 Å². The summed E-state index contributed by atoms with van der Waals surface area (Å²) in [5, 5.41) is 0. The van der Waals surface area contributed by atoms with E-state index < -0.39 is 0 Å². The molecule has 0 aliphatic rings. The Hall–Kier alpha value is -2.26. The largest absolute Gasteiger partial charge is 0.0810 e. The molecule has 0 aliphatic carbocycles. The van der Waals surface area contributed by atoms with E-state index in [1.807, 2.05) is 0 Å². The zero-order valence-corrected chi connectivity index (χ0v) is 13.8. The third-order valence-electron chi connectivity index (χ3n) is 3.63. The summed E-state index contributed by atoms with van der Waals surface area (Å²) >= 11 is 0. The molecule has 0 nitrogen and oxygen atoms in total. The van der Waals surface area contributed by atoms with E-state index in [0.29, 0.717) is 0 Å². The predicted octanol–water partition coefficient (Wildman–Crippen LogP) is 5.99. The van der Waals surface area contributed by atoms with Crippen LogP contribution in [0.25, 0.3) is 5.57 Å². The first kappa shape index (κ1) is 16.1. The van der Waals surface area contributed by atoms with Gasteiger partial charge in [-0.1, -0.05) is 68.0 Å². The van der Waals surface area contributed by atoms with Gasteiger partial charge in [0.15, 0.2) is 0 Å². The maximum atomic E-state index is 3.24. The van der Waals surface area contributed by atoms with Crippen molar-refractivity contribution in [1.82, 2.24) is 0 Å². The first-order chi connectivity index (χ1) is 10.7. The summed E-state index contributed by atoms with van der Waals surface area (Å²) in [6.45, 7) is 6.51. The van der Waals surface area contributed by atoms with Gasteiger partial charge in [-0.15, -0.1) is 0 Å². The van der Waals surface area contributed by atoms with Crippen LogP contribution in [-0.4, -0.2) is 0 Å². The Bertz CT molecular complexity index is 674. The minimum absolute atomic E-state index is 1.06. The molecule has 112 valence electrons. The molecule has 2 rings (SSSR count). The summed E-state index contributed by atoms with van der Waals surface area (Å²) in [5.41, 5.74) is 6.16. The van der Waals surface area contributed by atoms with Crippen molar-refractivity contribution in [3.8, 4) is 11.8 Å². The highest BCUT2D eigenvalue weighted by molar-refractivity contribution is 5.66. The molecule has 0 amide bonds. The standard InChI is InChI=1S/C22H24/c1-4-6-21(7-5-2)22-16-14-20(15-17-22)13-12-19-10-8-18(3)9-11-19/h6,8-11,14-17H,4-5,7H2,1-3H3/b21-6+. The maximum Gasteiger partial charge on any atom is 0.0249 e. The molecule has 0 bridgehead atoms. The molecule has 0 saturated carbocycles. The molecule has 0 spiro atoms. The van der Waals surface area contributed by atoms with Crippen molar-refractivity contribution in [2.45, 2.75) is 40.0 Å². The average Bonchev–Trinajstić information content (AvgIpc) is 2.55. The molecule has 0 aromatic heterocycles. The van der Waals surface area contributed by atoms with Crippen LogP contribution in [0.5, 0.6) is 0 Å². The van der Waals surface area contributed by atoms with E-state index in [0.717, 1.165) is 24.0 Å². The third kappa shape index (κ3) is 4.64. The van der Waals surface area contributed by atoms with Crippen LogP contribution in [0.15, 0.2) is 54.6 Å². The van der Waals surface area contributed by atoms with Gasteiger partial charge in [0.25, 0.3) is 0 Å². The number of allylic oxidation sites excluding steroid dienone is 2. The molecular formula is C22H24. The Morgan fingerprint density at radius 1 is 0.864 bits per heavy atom. The Morgan fingerprint density at radius 3 is 1.91 bits per heavy atom. The van der Waals surface area contributed by atoms with E-state index in [4.69, 9.17) is 0 Å². The molecular weight excluding hydrogens is 264 g/mol. The molecule has 0 unspecified atom stereocenters. The normalized spacial score (nSPS) is 11.0. The minimum atomic E-state index is 1.06. The average molecular weight is 288 g/mol. The molecule has 0 aliphatic heterocycles. The second-order valence-electron chi connectivity index (χ2n) is 5.58. The highest BCUT2D eigenvalue weighted by Gasteiger charge is 1.99. The van der Waals surface area contributed by atoms with Crippen LogP contribution < -0.4 is 0 Å². The van der Waals surface area contributed by atoms with Crippen LogP contribution in [0.1, 0.15) is 55.4 Å². The Labute approximate surface area is 134 Å². The Balaban J connectivity index is 2.15. The van der Waals surface area contributed by atoms with E-state index in [-0.39, 0.29) is 0 Å². The van der Waals surface area contributed by atoms with Crippen molar-refractivity contribution >= 4 is 5.57 Å². The smallest absolute Gasteiger partial charge is 0.0249 e. The van der Waals surface area contributed by atoms with Crippen LogP contribution in [0.3, 0.4) is 0 Å². The monoisotopic (exact) mass is 288 g/mol. The summed E-state index contributed by atoms with van der Waals surface area (Å²) < 4.78 is 0. The molecule has 0 radical (unpaired) electrons. The van der Waals surface area contributed by atoms with Crippen LogP contribution in [-0.2, 0) is 0 Å². The molecule has 0 heterocycles. The van der Waals surface area contributed by atoms with Crippen molar-refractivity contribution in [2.24, 2.45) is 0 Å². The Morgan fingerprint density at radius 2 is 1.41 bits per heavy atom. The van der Waals surface area contributed by atoms with E-state index >= 15 is 0 Å². The number of rotatable bonds is 4. The van der Waals surface area contributed by atoms with E-state index in [9.17, 15) is 0 Å². The highest BCUT2D eigenvalue weighted by atomic mass is 14.0. The fourth-order valence-corrected chi connectivity index (χ4v) is 2.43. The first-order valence-corrected chi connectivity index (χ1v) is 8.11. The SMILES string of the molecule is CC/C=C(\CCC)c1ccc(C#Cc2ccc(C)cc2)cc1. The summed E-state index contributed by atoms with van der Waals surface area (Å²) in [4.78, 5) is 0. The van der Waals surface area contributed by atoms with Gasteiger partial charge < -0.3 is 0 Å². The Kier molecular flexibility index (Phi) is 6.04. The maximum absolute atomic E-state index is 3.24. The third-order valence-corrected chi connectivity index (χ3v) is 3.63. The number of hydrogen-bond acceptors (Lipinski definition) is 0. The second kappa shape index (κ2) is 8.25. The summed E-state index contributed by atoms with van der Waals surface area (Å²) in [7, 11) is 0. The lowest BCUT2D eigenvalue weighted by Crippen LogP contribution is -1.85. The van der Waals surface area contributed by atoms with E-state index in [1.165, 1.54) is 23.1 Å². The van der Waals surface area contributed by atoms with E-state index in [2.05, 4.69) is 87.2 Å². The minimum Gasteiger partial charge on any atom is -0.0810 e. The van der Waals surface area contributed by atoms with Gasteiger partial charge in [0.1, 0.15) is 0 Å². The molecule has 2 aromatic rings. The van der Waals surface area contributed by atoms with Gasteiger partial charge in [0.2, 0.25) is 0 Å². The van der Waals surface area contributed by atoms with Gasteiger partial charge in [0, 0.05) is 11.1 Å². The zero-order valence-electron chi connectivity index (χ0n) is 13.8. The lowest BCUT2D eigenvalue weighted by molar-refractivity contribution is 0.967. The van der Waals surface area contributed by atoms with Crippen molar-refractivity contribution < 1.29 is 0 Å². The molecule has 0 fully saturated rings. The van der Waals surface area contributed by atoms with Crippen LogP contribution in [0.4, 0.5) is 0 Å². The van der Waals surface area contributed by atoms with Gasteiger partial charge >= 0.3 is 0 Å². The molecule has 0 heteroatoms. The number of aryl methyl sites for hydroxylation is 1. The molecule has 0 saturated heterocycles. The molecule has 0 N–H and O–H groups in total. The first-order valence-electron chi connectivity index (χ1n) is 8.11. The summed E-state index contributed by atoms with van der Waals surface area (Å²) in [6, 6.07) is 17.0. The van der Waals surface area contributed by atoms with Crippen molar-refractivity contribution in [3.63, 3.8) is 0 Å². The van der Waals surface area contributed by atoms with Crippen LogP contribution in [0.2, 0.25) is 0 Å². The topological polar surface area (TPSA) is 0 Å². The fourth-order valence-electron chi connectivity index (χ4n) is 2.43. The van der Waals surface area contributed by atoms with E-state index in [1.54, 1.807) is 0 Å². The highest BCUT2D eigenvalue weighted by Crippen LogP contribution is 2.21. The zero-order chi connectivity index (χ0) is 15.8. The molecule has 22 heavy (non-hydrogen) atoms. The lowest BCUT2D eigenvalue weighted by atomic mass is 9.99. The van der Waals surface area contributed by atoms with Gasteiger partial charge in [-0.05, 0) is 55.2 Å². The summed E-state index contributed by atoms with van der Waals surface area (Å²) in [5.74, 6) is 6.46. The van der Waals surface area contributed by atoms with Crippen LogP contribution >= 0.6 is 0 Å².